The molecule has 3 heterocycles. The molecule has 4 rings (SSSR count). The van der Waals surface area contributed by atoms with Gasteiger partial charge in [0, 0.05) is 41.4 Å². The van der Waals surface area contributed by atoms with E-state index in [4.69, 9.17) is 14.9 Å². The molecule has 0 radical (unpaired) electrons. The van der Waals surface area contributed by atoms with Crippen LogP contribution >= 0.6 is 0 Å². The highest BCUT2D eigenvalue weighted by Crippen LogP contribution is 2.42. The van der Waals surface area contributed by atoms with E-state index in [2.05, 4.69) is 36.7 Å². The minimum Gasteiger partial charge on any atom is -0.496 e. The third-order valence-electron chi connectivity index (χ3n) is 6.49. The fraction of sp³-hybridized carbons (Fsp3) is 0.440. The SMILES string of the molecule is COc1c(C(C)(C)C)cc(-c2ccc[nH]c2=O)c2ncc(N3CC[C@@H](CCS(N)(=O)=O)C3)cc12. The average molecular weight is 485 g/mol. The second kappa shape index (κ2) is 9.03. The first-order chi connectivity index (χ1) is 16.0. The number of hydrogen-bond donors (Lipinski definition) is 2. The molecule has 0 unspecified atom stereocenters. The number of pyridine rings is 2. The van der Waals surface area contributed by atoms with Crippen LogP contribution in [0.15, 0.2) is 41.5 Å². The molecule has 3 N–H and O–H groups in total. The smallest absolute Gasteiger partial charge is 0.255 e. The Kier molecular flexibility index (Phi) is 6.44. The summed E-state index contributed by atoms with van der Waals surface area (Å²) in [5.74, 6) is 1.01. The van der Waals surface area contributed by atoms with Gasteiger partial charge in [0.2, 0.25) is 10.0 Å². The number of anilines is 1. The zero-order valence-corrected chi connectivity index (χ0v) is 20.9. The van der Waals surface area contributed by atoms with E-state index in [0.29, 0.717) is 17.5 Å². The molecule has 2 aromatic heterocycles. The summed E-state index contributed by atoms with van der Waals surface area (Å²) in [6, 6.07) is 7.69. The summed E-state index contributed by atoms with van der Waals surface area (Å²) < 4.78 is 28.6. The fourth-order valence-electron chi connectivity index (χ4n) is 4.69. The van der Waals surface area contributed by atoms with Gasteiger partial charge in [0.25, 0.3) is 5.56 Å². The number of fused-ring (bicyclic) bond motifs is 1. The van der Waals surface area contributed by atoms with E-state index in [9.17, 15) is 13.2 Å². The Hall–Kier alpha value is -2.91. The second-order valence-electron chi connectivity index (χ2n) is 10.0. The highest BCUT2D eigenvalue weighted by molar-refractivity contribution is 7.89. The first-order valence-corrected chi connectivity index (χ1v) is 13.1. The Morgan fingerprint density at radius 3 is 2.68 bits per heavy atom. The molecule has 1 aromatic carbocycles. The zero-order chi connectivity index (χ0) is 24.7. The summed E-state index contributed by atoms with van der Waals surface area (Å²) in [6.45, 7) is 7.90. The molecule has 0 aliphatic carbocycles. The number of aromatic amines is 1. The van der Waals surface area contributed by atoms with Gasteiger partial charge in [-0.3, -0.25) is 9.78 Å². The van der Waals surface area contributed by atoms with Gasteiger partial charge in [0.15, 0.2) is 0 Å². The van der Waals surface area contributed by atoms with Gasteiger partial charge in [0.1, 0.15) is 5.75 Å². The van der Waals surface area contributed by atoms with Gasteiger partial charge in [-0.2, -0.15) is 0 Å². The molecule has 182 valence electrons. The maximum atomic E-state index is 12.6. The van der Waals surface area contributed by atoms with Crippen LogP contribution in [0.4, 0.5) is 5.69 Å². The van der Waals surface area contributed by atoms with Gasteiger partial charge < -0.3 is 14.6 Å². The maximum absolute atomic E-state index is 12.6. The molecular formula is C25H32N4O4S. The maximum Gasteiger partial charge on any atom is 0.255 e. The van der Waals surface area contributed by atoms with Crippen molar-refractivity contribution in [2.75, 3.05) is 30.9 Å². The number of nitrogens with two attached hydrogens (primary N) is 1. The molecule has 0 spiro atoms. The third kappa shape index (κ3) is 4.95. The van der Waals surface area contributed by atoms with Crippen molar-refractivity contribution in [3.63, 3.8) is 0 Å². The average Bonchev–Trinajstić information content (AvgIpc) is 3.25. The summed E-state index contributed by atoms with van der Waals surface area (Å²) in [7, 11) is -1.80. The van der Waals surface area contributed by atoms with Crippen LogP contribution in [0.25, 0.3) is 22.0 Å². The van der Waals surface area contributed by atoms with Crippen LogP contribution < -0.4 is 20.3 Å². The molecule has 1 aliphatic heterocycles. The van der Waals surface area contributed by atoms with Crippen LogP contribution in [0.3, 0.4) is 0 Å². The Bertz CT molecular complexity index is 1380. The zero-order valence-electron chi connectivity index (χ0n) is 20.1. The van der Waals surface area contributed by atoms with Crippen LogP contribution in [0.5, 0.6) is 5.75 Å². The fourth-order valence-corrected chi connectivity index (χ4v) is 5.35. The van der Waals surface area contributed by atoms with Crippen molar-refractivity contribution >= 4 is 26.6 Å². The number of methoxy groups -OCH3 is 1. The molecule has 9 heteroatoms. The molecular weight excluding hydrogens is 452 g/mol. The molecule has 34 heavy (non-hydrogen) atoms. The minimum atomic E-state index is -3.46. The van der Waals surface area contributed by atoms with E-state index in [1.807, 2.05) is 18.3 Å². The molecule has 1 saturated heterocycles. The number of primary sulfonamides is 1. The lowest BCUT2D eigenvalue weighted by atomic mass is 9.83. The molecule has 8 nitrogen and oxygen atoms in total. The van der Waals surface area contributed by atoms with Crippen molar-refractivity contribution < 1.29 is 13.2 Å². The summed E-state index contributed by atoms with van der Waals surface area (Å²) >= 11 is 0. The molecule has 1 fully saturated rings. The van der Waals surface area contributed by atoms with Crippen molar-refractivity contribution in [1.29, 1.82) is 0 Å². The van der Waals surface area contributed by atoms with Gasteiger partial charge in [-0.25, -0.2) is 13.6 Å². The summed E-state index contributed by atoms with van der Waals surface area (Å²) in [4.78, 5) is 22.4. The van der Waals surface area contributed by atoms with Gasteiger partial charge in [-0.1, -0.05) is 20.8 Å². The van der Waals surface area contributed by atoms with E-state index in [1.165, 1.54) is 0 Å². The summed E-state index contributed by atoms with van der Waals surface area (Å²) in [5.41, 5.74) is 3.58. The number of ether oxygens (including phenoxy) is 1. The Morgan fingerprint density at radius 2 is 2.03 bits per heavy atom. The number of nitrogens with zero attached hydrogens (tertiary/aromatic N) is 2. The molecule has 1 aliphatic rings. The lowest BCUT2D eigenvalue weighted by molar-refractivity contribution is 0.402. The number of sulfonamides is 1. The lowest BCUT2D eigenvalue weighted by Gasteiger charge is -2.26. The van der Waals surface area contributed by atoms with E-state index < -0.39 is 10.0 Å². The molecule has 0 amide bonds. The minimum absolute atomic E-state index is 0.000769. The van der Waals surface area contributed by atoms with Gasteiger partial charge in [-0.05, 0) is 48.4 Å². The number of aromatic nitrogens is 2. The predicted octanol–water partition coefficient (Wildman–Crippen LogP) is 3.40. The molecule has 3 aromatic rings. The van der Waals surface area contributed by atoms with E-state index in [1.54, 1.807) is 19.4 Å². The first kappa shape index (κ1) is 24.2. The number of rotatable bonds is 6. The van der Waals surface area contributed by atoms with Crippen LogP contribution in [-0.4, -0.2) is 44.3 Å². The Labute approximate surface area is 200 Å². The highest BCUT2D eigenvalue weighted by Gasteiger charge is 2.27. The largest absolute Gasteiger partial charge is 0.496 e. The second-order valence-corrected chi connectivity index (χ2v) is 11.7. The van der Waals surface area contributed by atoms with Crippen molar-refractivity contribution in [1.82, 2.24) is 9.97 Å². The lowest BCUT2D eigenvalue weighted by Crippen LogP contribution is -2.22. The van der Waals surface area contributed by atoms with Gasteiger partial charge >= 0.3 is 0 Å². The molecule has 1 atom stereocenters. The first-order valence-electron chi connectivity index (χ1n) is 11.4. The van der Waals surface area contributed by atoms with Crippen LogP contribution in [0.1, 0.15) is 39.2 Å². The monoisotopic (exact) mass is 484 g/mol. The van der Waals surface area contributed by atoms with E-state index >= 15 is 0 Å². The van der Waals surface area contributed by atoms with Gasteiger partial charge in [0.05, 0.1) is 30.3 Å². The van der Waals surface area contributed by atoms with Crippen molar-refractivity contribution in [2.45, 2.75) is 39.0 Å². The van der Waals surface area contributed by atoms with Crippen molar-refractivity contribution in [3.8, 4) is 16.9 Å². The number of hydrogen-bond acceptors (Lipinski definition) is 6. The van der Waals surface area contributed by atoms with Crippen LogP contribution in [0, 0.1) is 5.92 Å². The van der Waals surface area contributed by atoms with Crippen molar-refractivity contribution in [2.24, 2.45) is 11.1 Å². The van der Waals surface area contributed by atoms with E-state index in [-0.39, 0.29) is 22.6 Å². The van der Waals surface area contributed by atoms with Gasteiger partial charge in [-0.15, -0.1) is 0 Å². The van der Waals surface area contributed by atoms with E-state index in [0.717, 1.165) is 47.5 Å². The predicted molar refractivity (Wildman–Crippen MR) is 136 cm³/mol. The number of H-pyrrole nitrogens is 1. The van der Waals surface area contributed by atoms with Crippen LogP contribution in [0.2, 0.25) is 0 Å². The van der Waals surface area contributed by atoms with Crippen LogP contribution in [-0.2, 0) is 15.4 Å². The standard InChI is InChI=1S/C25H32N4O4S/c1-25(2,3)21-13-19(18-6-5-9-27-24(18)30)22-20(23(21)33-4)12-17(14-28-22)29-10-7-16(15-29)8-11-34(26,31)32/h5-6,9,12-14,16H,7-8,10-11,15H2,1-4H3,(H,27,30)(H2,26,31,32)/t16-/m0/s1. The molecule has 0 bridgehead atoms. The number of nitrogens with one attached hydrogen (secondary N) is 1. The molecule has 0 saturated carbocycles. The quantitative estimate of drug-likeness (QED) is 0.554. The Balaban J connectivity index is 1.82. The highest BCUT2D eigenvalue weighted by atomic mass is 32.2. The third-order valence-corrected chi connectivity index (χ3v) is 7.29. The normalized spacial score (nSPS) is 16.9. The van der Waals surface area contributed by atoms with Crippen molar-refractivity contribution in [3.05, 3.63) is 52.6 Å². The number of benzene rings is 1. The topological polar surface area (TPSA) is 118 Å². The summed E-state index contributed by atoms with van der Waals surface area (Å²) in [6.07, 6.45) is 4.89. The Morgan fingerprint density at radius 1 is 1.26 bits per heavy atom. The summed E-state index contributed by atoms with van der Waals surface area (Å²) in [5, 5.41) is 6.03.